The van der Waals surface area contributed by atoms with Crippen LogP contribution in [0.15, 0.2) is 18.2 Å². The first-order chi connectivity index (χ1) is 7.04. The summed E-state index contributed by atoms with van der Waals surface area (Å²) < 4.78 is 5.44. The zero-order valence-corrected chi connectivity index (χ0v) is 9.58. The van der Waals surface area contributed by atoms with Gasteiger partial charge >= 0.3 is 0 Å². The van der Waals surface area contributed by atoms with Crippen molar-refractivity contribution in [1.82, 2.24) is 0 Å². The van der Waals surface area contributed by atoms with E-state index in [1.807, 2.05) is 19.1 Å². The van der Waals surface area contributed by atoms with Gasteiger partial charge in [0.1, 0.15) is 5.75 Å². The molecule has 0 amide bonds. The predicted octanol–water partition coefficient (Wildman–Crippen LogP) is 2.80. The number of fused-ring (bicyclic) bond motifs is 1. The summed E-state index contributed by atoms with van der Waals surface area (Å²) in [5.41, 5.74) is 2.36. The molecule has 0 heterocycles. The number of hydrogen-bond acceptors (Lipinski definition) is 2. The van der Waals surface area contributed by atoms with Crippen LogP contribution in [0.3, 0.4) is 0 Å². The number of hydrogen-bond donors (Lipinski definition) is 1. The van der Waals surface area contributed by atoms with E-state index in [-0.39, 0.29) is 11.5 Å². The molecule has 1 aromatic carbocycles. The summed E-state index contributed by atoms with van der Waals surface area (Å²) in [6.07, 6.45) is 0.466. The predicted molar refractivity (Wildman–Crippen MR) is 60.2 cm³/mol. The highest BCUT2D eigenvalue weighted by molar-refractivity contribution is 5.44. The maximum atomic E-state index is 9.95. The summed E-state index contributed by atoms with van der Waals surface area (Å²) in [4.78, 5) is 0. The fourth-order valence-corrected chi connectivity index (χ4v) is 2.39. The molecule has 0 saturated carbocycles. The zero-order valence-electron chi connectivity index (χ0n) is 9.58. The van der Waals surface area contributed by atoms with E-state index in [4.69, 9.17) is 4.74 Å². The quantitative estimate of drug-likeness (QED) is 0.806. The van der Waals surface area contributed by atoms with Gasteiger partial charge in [-0.3, -0.25) is 0 Å². The van der Waals surface area contributed by atoms with Crippen molar-refractivity contribution in [2.45, 2.75) is 38.7 Å². The van der Waals surface area contributed by atoms with Crippen LogP contribution >= 0.6 is 0 Å². The molecule has 0 aliphatic heterocycles. The third-order valence-corrected chi connectivity index (χ3v) is 3.13. The van der Waals surface area contributed by atoms with E-state index in [2.05, 4.69) is 19.9 Å². The molecule has 0 saturated heterocycles. The highest BCUT2D eigenvalue weighted by Gasteiger charge is 2.35. The third-order valence-electron chi connectivity index (χ3n) is 3.13. The van der Waals surface area contributed by atoms with Gasteiger partial charge in [-0.05, 0) is 42.0 Å². The van der Waals surface area contributed by atoms with Gasteiger partial charge in [-0.15, -0.1) is 0 Å². The summed E-state index contributed by atoms with van der Waals surface area (Å²) in [5.74, 6) is 0.855. The average molecular weight is 206 g/mol. The molecule has 0 bridgehead atoms. The normalized spacial score (nSPS) is 22.5. The Morgan fingerprint density at radius 2 is 2.20 bits per heavy atom. The van der Waals surface area contributed by atoms with Crippen LogP contribution < -0.4 is 4.74 Å². The van der Waals surface area contributed by atoms with Crippen LogP contribution in [0, 0.1) is 0 Å². The summed E-state index contributed by atoms with van der Waals surface area (Å²) in [7, 11) is 0. The van der Waals surface area contributed by atoms with E-state index >= 15 is 0 Å². The molecule has 1 unspecified atom stereocenters. The lowest BCUT2D eigenvalue weighted by atomic mass is 9.86. The van der Waals surface area contributed by atoms with Crippen LogP contribution in [0.4, 0.5) is 0 Å². The average Bonchev–Trinajstić information content (AvgIpc) is 2.38. The van der Waals surface area contributed by atoms with E-state index in [9.17, 15) is 5.11 Å². The van der Waals surface area contributed by atoms with Crippen molar-refractivity contribution in [2.75, 3.05) is 6.61 Å². The van der Waals surface area contributed by atoms with Crippen LogP contribution in [-0.2, 0) is 5.41 Å². The smallest absolute Gasteiger partial charge is 0.119 e. The Kier molecular flexibility index (Phi) is 2.47. The lowest BCUT2D eigenvalue weighted by molar-refractivity contribution is 0.161. The number of rotatable bonds is 2. The van der Waals surface area contributed by atoms with Crippen LogP contribution in [0.5, 0.6) is 5.75 Å². The monoisotopic (exact) mass is 206 g/mol. The first-order valence-corrected chi connectivity index (χ1v) is 5.50. The van der Waals surface area contributed by atoms with Gasteiger partial charge in [-0.25, -0.2) is 0 Å². The Balaban J connectivity index is 2.41. The van der Waals surface area contributed by atoms with Crippen molar-refractivity contribution in [3.8, 4) is 5.75 Å². The van der Waals surface area contributed by atoms with Crippen molar-refractivity contribution in [3.63, 3.8) is 0 Å². The molecule has 82 valence electrons. The molecule has 0 spiro atoms. The van der Waals surface area contributed by atoms with E-state index in [1.165, 1.54) is 5.56 Å². The molecule has 0 fully saturated rings. The van der Waals surface area contributed by atoms with Gasteiger partial charge in [0.15, 0.2) is 0 Å². The molecular weight excluding hydrogens is 188 g/mol. The second kappa shape index (κ2) is 3.53. The molecule has 0 aromatic heterocycles. The van der Waals surface area contributed by atoms with E-state index < -0.39 is 0 Å². The fraction of sp³-hybridized carbons (Fsp3) is 0.538. The van der Waals surface area contributed by atoms with Crippen molar-refractivity contribution in [3.05, 3.63) is 29.3 Å². The molecule has 1 aliphatic carbocycles. The molecule has 1 N–H and O–H groups in total. The molecule has 1 atom stereocenters. The van der Waals surface area contributed by atoms with E-state index in [1.54, 1.807) is 0 Å². The Labute approximate surface area is 90.9 Å². The maximum absolute atomic E-state index is 9.95. The fourth-order valence-electron chi connectivity index (χ4n) is 2.39. The van der Waals surface area contributed by atoms with Crippen LogP contribution in [-0.4, -0.2) is 11.7 Å². The second-order valence-electron chi connectivity index (χ2n) is 4.79. The Bertz CT molecular complexity index is 369. The number of aliphatic hydroxyl groups excluding tert-OH is 1. The van der Waals surface area contributed by atoms with Gasteiger partial charge in [0.05, 0.1) is 12.7 Å². The number of aliphatic hydroxyl groups is 1. The SMILES string of the molecule is CCOc1ccc2c(c1)C(O)CC2(C)C. The molecule has 2 heteroatoms. The first kappa shape index (κ1) is 10.5. The van der Waals surface area contributed by atoms with Gasteiger partial charge < -0.3 is 9.84 Å². The summed E-state index contributed by atoms with van der Waals surface area (Å²) >= 11 is 0. The Hall–Kier alpha value is -1.02. The summed E-state index contributed by atoms with van der Waals surface area (Å²) in [6, 6.07) is 6.04. The summed E-state index contributed by atoms with van der Waals surface area (Å²) in [5, 5.41) is 9.95. The van der Waals surface area contributed by atoms with E-state index in [0.29, 0.717) is 6.61 Å². The standard InChI is InChI=1S/C13H18O2/c1-4-15-9-5-6-11-10(7-9)12(14)8-13(11,2)3/h5-7,12,14H,4,8H2,1-3H3. The highest BCUT2D eigenvalue weighted by Crippen LogP contribution is 2.45. The number of benzene rings is 1. The minimum absolute atomic E-state index is 0.0828. The molecular formula is C13H18O2. The van der Waals surface area contributed by atoms with E-state index in [0.717, 1.165) is 17.7 Å². The van der Waals surface area contributed by atoms with Crippen molar-refractivity contribution in [2.24, 2.45) is 0 Å². The molecule has 0 radical (unpaired) electrons. The highest BCUT2D eigenvalue weighted by atomic mass is 16.5. The Morgan fingerprint density at radius 3 is 2.87 bits per heavy atom. The lowest BCUT2D eigenvalue weighted by Crippen LogP contribution is -2.12. The van der Waals surface area contributed by atoms with Gasteiger partial charge in [0.2, 0.25) is 0 Å². The molecule has 1 aliphatic rings. The van der Waals surface area contributed by atoms with Crippen LogP contribution in [0.1, 0.15) is 44.4 Å². The van der Waals surface area contributed by atoms with Crippen LogP contribution in [0.2, 0.25) is 0 Å². The number of ether oxygens (including phenoxy) is 1. The minimum atomic E-state index is -0.338. The lowest BCUT2D eigenvalue weighted by Gasteiger charge is -2.18. The maximum Gasteiger partial charge on any atom is 0.119 e. The largest absolute Gasteiger partial charge is 0.494 e. The third kappa shape index (κ3) is 1.74. The Morgan fingerprint density at radius 1 is 1.47 bits per heavy atom. The van der Waals surface area contributed by atoms with Gasteiger partial charge in [0, 0.05) is 0 Å². The topological polar surface area (TPSA) is 29.5 Å². The van der Waals surface area contributed by atoms with Crippen LogP contribution in [0.25, 0.3) is 0 Å². The molecule has 15 heavy (non-hydrogen) atoms. The van der Waals surface area contributed by atoms with Gasteiger partial charge in [-0.1, -0.05) is 19.9 Å². The molecule has 2 rings (SSSR count). The second-order valence-corrected chi connectivity index (χ2v) is 4.79. The van der Waals surface area contributed by atoms with Crippen molar-refractivity contribution in [1.29, 1.82) is 0 Å². The zero-order chi connectivity index (χ0) is 11.1. The van der Waals surface area contributed by atoms with Gasteiger partial charge in [0.25, 0.3) is 0 Å². The molecule has 1 aromatic rings. The minimum Gasteiger partial charge on any atom is -0.494 e. The van der Waals surface area contributed by atoms with Crippen molar-refractivity contribution >= 4 is 0 Å². The van der Waals surface area contributed by atoms with Crippen molar-refractivity contribution < 1.29 is 9.84 Å². The van der Waals surface area contributed by atoms with Gasteiger partial charge in [-0.2, -0.15) is 0 Å². The first-order valence-electron chi connectivity index (χ1n) is 5.50. The summed E-state index contributed by atoms with van der Waals surface area (Å²) in [6.45, 7) is 6.97. The molecule has 2 nitrogen and oxygen atoms in total.